The maximum Gasteiger partial charge on any atom is 0.292 e. The SMILES string of the molecule is O=C(CCC1CCOC1)NS(=O)(=O)c1cc(Br)c(F)cc1[N+](=O)[O-]. The molecule has 24 heavy (non-hydrogen) atoms. The molecular formula is C13H14BrFN2O6S. The Bertz CT molecular complexity index is 764. The number of ether oxygens (including phenoxy) is 1. The van der Waals surface area contributed by atoms with Crippen molar-refractivity contribution < 1.29 is 27.3 Å². The fraction of sp³-hybridized carbons (Fsp3) is 0.462. The standard InChI is InChI=1S/C13H14BrFN2O6S/c14-9-5-12(11(17(19)20)6-10(9)15)24(21,22)16-13(18)2-1-8-3-4-23-7-8/h5-6,8H,1-4,7H2,(H,16,18). The molecule has 1 amide bonds. The van der Waals surface area contributed by atoms with Crippen molar-refractivity contribution in [3.05, 3.63) is 32.5 Å². The molecule has 8 nitrogen and oxygen atoms in total. The van der Waals surface area contributed by atoms with Crippen molar-refractivity contribution in [2.75, 3.05) is 13.2 Å². The van der Waals surface area contributed by atoms with Gasteiger partial charge >= 0.3 is 0 Å². The second kappa shape index (κ2) is 7.53. The summed E-state index contributed by atoms with van der Waals surface area (Å²) in [5.74, 6) is -1.57. The van der Waals surface area contributed by atoms with Gasteiger partial charge < -0.3 is 4.74 Å². The minimum Gasteiger partial charge on any atom is -0.381 e. The van der Waals surface area contributed by atoms with Crippen LogP contribution in [0.2, 0.25) is 0 Å². The van der Waals surface area contributed by atoms with Crippen LogP contribution in [0.25, 0.3) is 0 Å². The van der Waals surface area contributed by atoms with Gasteiger partial charge in [0.05, 0.1) is 15.5 Å². The van der Waals surface area contributed by atoms with Crippen LogP contribution in [0.15, 0.2) is 21.5 Å². The number of hydrogen-bond donors (Lipinski definition) is 1. The summed E-state index contributed by atoms with van der Waals surface area (Å²) in [4.78, 5) is 21.0. The number of nitro groups is 1. The van der Waals surface area contributed by atoms with Crippen LogP contribution in [-0.2, 0) is 19.6 Å². The van der Waals surface area contributed by atoms with Gasteiger partial charge in [-0.1, -0.05) is 0 Å². The average Bonchev–Trinajstić information content (AvgIpc) is 3.00. The lowest BCUT2D eigenvalue weighted by molar-refractivity contribution is -0.388. The van der Waals surface area contributed by atoms with E-state index in [1.807, 2.05) is 0 Å². The van der Waals surface area contributed by atoms with Crippen molar-refractivity contribution in [1.82, 2.24) is 4.72 Å². The largest absolute Gasteiger partial charge is 0.381 e. The Morgan fingerprint density at radius 2 is 2.21 bits per heavy atom. The van der Waals surface area contributed by atoms with Gasteiger partial charge in [0.1, 0.15) is 5.82 Å². The van der Waals surface area contributed by atoms with Gasteiger partial charge in [0, 0.05) is 19.6 Å². The van der Waals surface area contributed by atoms with Crippen molar-refractivity contribution in [2.24, 2.45) is 5.92 Å². The number of carbonyl (C=O) groups is 1. The number of rotatable bonds is 6. The molecule has 1 aromatic carbocycles. The van der Waals surface area contributed by atoms with E-state index in [1.54, 1.807) is 4.72 Å². The summed E-state index contributed by atoms with van der Waals surface area (Å²) in [5, 5.41) is 10.9. The second-order valence-corrected chi connectivity index (χ2v) is 7.79. The van der Waals surface area contributed by atoms with Crippen molar-refractivity contribution >= 4 is 37.5 Å². The third kappa shape index (κ3) is 4.48. The highest BCUT2D eigenvalue weighted by molar-refractivity contribution is 9.10. The van der Waals surface area contributed by atoms with Crippen LogP contribution in [0, 0.1) is 21.8 Å². The van der Waals surface area contributed by atoms with Gasteiger partial charge in [-0.2, -0.15) is 0 Å². The Balaban J connectivity index is 2.16. The number of nitro benzene ring substituents is 1. The molecule has 0 saturated carbocycles. The van der Waals surface area contributed by atoms with Crippen molar-refractivity contribution in [3.63, 3.8) is 0 Å². The number of halogens is 2. The number of amides is 1. The highest BCUT2D eigenvalue weighted by Crippen LogP contribution is 2.29. The normalized spacial score (nSPS) is 17.7. The van der Waals surface area contributed by atoms with E-state index in [1.165, 1.54) is 0 Å². The molecule has 0 spiro atoms. The minimum atomic E-state index is -4.49. The number of sulfonamides is 1. The summed E-state index contributed by atoms with van der Waals surface area (Å²) in [5.41, 5.74) is -0.944. The number of benzene rings is 1. The minimum absolute atomic E-state index is 0.0522. The zero-order chi connectivity index (χ0) is 17.9. The quantitative estimate of drug-likeness (QED) is 0.552. The molecule has 1 N–H and O–H groups in total. The molecule has 1 saturated heterocycles. The monoisotopic (exact) mass is 424 g/mol. The number of nitrogens with one attached hydrogen (secondary N) is 1. The molecule has 0 bridgehead atoms. The van der Waals surface area contributed by atoms with Crippen LogP contribution >= 0.6 is 15.9 Å². The van der Waals surface area contributed by atoms with Crippen LogP contribution in [-0.4, -0.2) is 32.5 Å². The van der Waals surface area contributed by atoms with Gasteiger partial charge in [-0.15, -0.1) is 0 Å². The first kappa shape index (κ1) is 18.7. The maximum atomic E-state index is 13.4. The number of nitrogens with zero attached hydrogens (tertiary/aromatic N) is 1. The summed E-state index contributed by atoms with van der Waals surface area (Å²) in [6, 6.07) is 1.24. The van der Waals surface area contributed by atoms with Gasteiger partial charge in [0.2, 0.25) is 5.91 Å². The molecular weight excluding hydrogens is 411 g/mol. The molecule has 1 aromatic rings. The lowest BCUT2D eigenvalue weighted by Gasteiger charge is -2.10. The lowest BCUT2D eigenvalue weighted by atomic mass is 10.0. The molecule has 2 rings (SSSR count). The van der Waals surface area contributed by atoms with E-state index in [2.05, 4.69) is 15.9 Å². The predicted octanol–water partition coefficient (Wildman–Crippen LogP) is 2.12. The smallest absolute Gasteiger partial charge is 0.292 e. The van der Waals surface area contributed by atoms with E-state index >= 15 is 0 Å². The summed E-state index contributed by atoms with van der Waals surface area (Å²) in [6.45, 7) is 1.14. The maximum absolute atomic E-state index is 13.4. The predicted molar refractivity (Wildman–Crippen MR) is 84.2 cm³/mol. The summed E-state index contributed by atoms with van der Waals surface area (Å²) >= 11 is 2.77. The van der Waals surface area contributed by atoms with Crippen LogP contribution in [0.4, 0.5) is 10.1 Å². The first-order chi connectivity index (χ1) is 11.2. The van der Waals surface area contributed by atoms with E-state index in [0.717, 1.165) is 12.5 Å². The third-order valence-corrected chi connectivity index (χ3v) is 5.55. The second-order valence-electron chi connectivity index (χ2n) is 5.29. The first-order valence-electron chi connectivity index (χ1n) is 6.97. The lowest BCUT2D eigenvalue weighted by Crippen LogP contribution is -2.31. The van der Waals surface area contributed by atoms with Crippen LogP contribution in [0.5, 0.6) is 0 Å². The highest BCUT2D eigenvalue weighted by atomic mass is 79.9. The molecule has 0 aliphatic carbocycles. The van der Waals surface area contributed by atoms with Crippen molar-refractivity contribution in [3.8, 4) is 0 Å². The molecule has 1 fully saturated rings. The zero-order valence-corrected chi connectivity index (χ0v) is 14.7. The van der Waals surface area contributed by atoms with E-state index < -0.39 is 37.3 Å². The van der Waals surface area contributed by atoms with Crippen LogP contribution in [0.1, 0.15) is 19.3 Å². The molecule has 1 heterocycles. The zero-order valence-electron chi connectivity index (χ0n) is 12.3. The summed E-state index contributed by atoms with van der Waals surface area (Å²) < 4.78 is 44.5. The van der Waals surface area contributed by atoms with Gasteiger partial charge in [-0.3, -0.25) is 14.9 Å². The molecule has 11 heteroatoms. The van der Waals surface area contributed by atoms with Gasteiger partial charge in [-0.25, -0.2) is 17.5 Å². The van der Waals surface area contributed by atoms with E-state index in [4.69, 9.17) is 4.74 Å². The Labute approximate surface area is 145 Å². The Kier molecular flexibility index (Phi) is 5.88. The molecule has 132 valence electrons. The summed E-state index contributed by atoms with van der Waals surface area (Å²) in [6.07, 6.45) is 1.20. The number of hydrogen-bond acceptors (Lipinski definition) is 6. The molecule has 1 aliphatic heterocycles. The highest BCUT2D eigenvalue weighted by Gasteiger charge is 2.29. The van der Waals surface area contributed by atoms with E-state index in [-0.39, 0.29) is 16.8 Å². The average molecular weight is 425 g/mol. The van der Waals surface area contributed by atoms with E-state index in [0.29, 0.717) is 25.7 Å². The Morgan fingerprint density at radius 1 is 1.50 bits per heavy atom. The third-order valence-electron chi connectivity index (χ3n) is 3.54. The first-order valence-corrected chi connectivity index (χ1v) is 9.25. The van der Waals surface area contributed by atoms with Gasteiger partial charge in [0.25, 0.3) is 15.7 Å². The Morgan fingerprint density at radius 3 is 2.79 bits per heavy atom. The molecule has 1 aliphatic rings. The van der Waals surface area contributed by atoms with Crippen molar-refractivity contribution in [2.45, 2.75) is 24.2 Å². The van der Waals surface area contributed by atoms with Crippen molar-refractivity contribution in [1.29, 1.82) is 0 Å². The molecule has 0 aromatic heterocycles. The van der Waals surface area contributed by atoms with Crippen LogP contribution < -0.4 is 4.72 Å². The Hall–Kier alpha value is -1.59. The van der Waals surface area contributed by atoms with E-state index in [9.17, 15) is 27.7 Å². The number of carbonyl (C=O) groups excluding carboxylic acids is 1. The fourth-order valence-electron chi connectivity index (χ4n) is 2.28. The molecule has 1 atom stereocenters. The van der Waals surface area contributed by atoms with Gasteiger partial charge in [-0.05, 0) is 40.8 Å². The van der Waals surface area contributed by atoms with Gasteiger partial charge in [0.15, 0.2) is 4.90 Å². The molecule has 1 unspecified atom stereocenters. The van der Waals surface area contributed by atoms with Crippen LogP contribution in [0.3, 0.4) is 0 Å². The fourth-order valence-corrected chi connectivity index (χ4v) is 3.97. The molecule has 0 radical (unpaired) electrons. The topological polar surface area (TPSA) is 116 Å². The summed E-state index contributed by atoms with van der Waals surface area (Å²) in [7, 11) is -4.49.